The van der Waals surface area contributed by atoms with Gasteiger partial charge in [-0.25, -0.2) is 0 Å². The predicted octanol–water partition coefficient (Wildman–Crippen LogP) is 6.22. The Hall–Kier alpha value is -5.96. The Balaban J connectivity index is 1.30. The van der Waals surface area contributed by atoms with Crippen molar-refractivity contribution < 1.29 is 18.9 Å². The van der Waals surface area contributed by atoms with Crippen LogP contribution in [-0.2, 0) is 0 Å². The van der Waals surface area contributed by atoms with E-state index < -0.39 is 0 Å². The van der Waals surface area contributed by atoms with Crippen molar-refractivity contribution in [3.05, 3.63) is 107 Å². The van der Waals surface area contributed by atoms with Crippen molar-refractivity contribution in [1.82, 2.24) is 0 Å². The molecule has 0 aliphatic carbocycles. The molecular weight excluding hydrogens is 480 g/mol. The van der Waals surface area contributed by atoms with E-state index in [9.17, 15) is 10.5 Å². The summed E-state index contributed by atoms with van der Waals surface area (Å²) in [7, 11) is 0. The SMILES string of the molecule is N#Cc1ccc(Oc2cccc(OCCOc3cccc(Oc4ccc(C#N)c(C#N)c4)c3)c2)cc1C#N. The Bertz CT molecular complexity index is 1520. The van der Waals surface area contributed by atoms with Crippen LogP contribution in [-0.4, -0.2) is 13.2 Å². The maximum Gasteiger partial charge on any atom is 0.131 e. The summed E-state index contributed by atoms with van der Waals surface area (Å²) >= 11 is 0. The highest BCUT2D eigenvalue weighted by Crippen LogP contribution is 2.28. The lowest BCUT2D eigenvalue weighted by Gasteiger charge is -2.12. The van der Waals surface area contributed by atoms with Gasteiger partial charge in [0.15, 0.2) is 0 Å². The van der Waals surface area contributed by atoms with E-state index in [-0.39, 0.29) is 35.5 Å². The van der Waals surface area contributed by atoms with E-state index in [0.717, 1.165) is 0 Å². The second-order valence-electron chi connectivity index (χ2n) is 7.71. The third-order valence-electron chi connectivity index (χ3n) is 5.17. The number of nitrogens with zero attached hydrogens (tertiary/aromatic N) is 4. The third-order valence-corrected chi connectivity index (χ3v) is 5.17. The average molecular weight is 498 g/mol. The van der Waals surface area contributed by atoms with Gasteiger partial charge in [-0.2, -0.15) is 21.0 Å². The monoisotopic (exact) mass is 498 g/mol. The van der Waals surface area contributed by atoms with Crippen molar-refractivity contribution in [2.24, 2.45) is 0 Å². The van der Waals surface area contributed by atoms with E-state index in [0.29, 0.717) is 34.5 Å². The zero-order valence-corrected chi connectivity index (χ0v) is 19.9. The van der Waals surface area contributed by atoms with E-state index in [4.69, 9.17) is 29.5 Å². The molecule has 38 heavy (non-hydrogen) atoms. The van der Waals surface area contributed by atoms with Gasteiger partial charge in [0.1, 0.15) is 72.0 Å². The first-order valence-electron chi connectivity index (χ1n) is 11.3. The summed E-state index contributed by atoms with van der Waals surface area (Å²) in [6, 6.07) is 31.4. The van der Waals surface area contributed by atoms with E-state index >= 15 is 0 Å². The first kappa shape index (κ1) is 25.1. The molecule has 4 rings (SSSR count). The summed E-state index contributed by atoms with van der Waals surface area (Å²) in [5.41, 5.74) is 1.06. The fraction of sp³-hybridized carbons (Fsp3) is 0.0667. The molecule has 8 nitrogen and oxygen atoms in total. The quantitative estimate of drug-likeness (QED) is 0.249. The topological polar surface area (TPSA) is 132 Å². The fourth-order valence-corrected chi connectivity index (χ4v) is 3.40. The van der Waals surface area contributed by atoms with E-state index in [1.54, 1.807) is 72.8 Å². The molecule has 0 heterocycles. The molecule has 0 bridgehead atoms. The van der Waals surface area contributed by atoms with Crippen LogP contribution < -0.4 is 18.9 Å². The Morgan fingerprint density at radius 3 is 1.18 bits per heavy atom. The third kappa shape index (κ3) is 6.37. The Kier molecular flexibility index (Phi) is 8.03. The molecule has 4 aromatic carbocycles. The molecule has 182 valence electrons. The smallest absolute Gasteiger partial charge is 0.131 e. The molecule has 0 atom stereocenters. The second kappa shape index (κ2) is 12.1. The lowest BCUT2D eigenvalue weighted by atomic mass is 10.1. The molecule has 0 aliphatic rings. The molecule has 0 unspecified atom stereocenters. The van der Waals surface area contributed by atoms with Gasteiger partial charge in [-0.05, 0) is 60.7 Å². The highest BCUT2D eigenvalue weighted by atomic mass is 16.5. The maximum atomic E-state index is 9.19. The minimum atomic E-state index is 0.243. The van der Waals surface area contributed by atoms with Crippen LogP contribution in [0.4, 0.5) is 0 Å². The number of ether oxygens (including phenoxy) is 4. The minimum Gasteiger partial charge on any atom is -0.490 e. The minimum absolute atomic E-state index is 0.243. The molecule has 0 saturated heterocycles. The molecule has 0 saturated carbocycles. The predicted molar refractivity (Wildman–Crippen MR) is 136 cm³/mol. The first-order chi connectivity index (χ1) is 18.6. The van der Waals surface area contributed by atoms with Crippen LogP contribution in [0.3, 0.4) is 0 Å². The van der Waals surface area contributed by atoms with Crippen LogP contribution in [0.25, 0.3) is 0 Å². The van der Waals surface area contributed by atoms with Crippen LogP contribution in [0, 0.1) is 45.3 Å². The van der Waals surface area contributed by atoms with Crippen LogP contribution in [0.2, 0.25) is 0 Å². The van der Waals surface area contributed by atoms with Crippen LogP contribution in [0.1, 0.15) is 22.3 Å². The number of rotatable bonds is 9. The van der Waals surface area contributed by atoms with E-state index in [1.807, 2.05) is 24.3 Å². The summed E-state index contributed by atoms with van der Waals surface area (Å²) in [6.07, 6.45) is 0. The molecule has 0 N–H and O–H groups in total. The molecule has 0 radical (unpaired) electrons. The molecule has 0 aliphatic heterocycles. The van der Waals surface area contributed by atoms with Crippen molar-refractivity contribution in [2.75, 3.05) is 13.2 Å². The van der Waals surface area contributed by atoms with E-state index in [1.165, 1.54) is 12.1 Å². The first-order valence-corrected chi connectivity index (χ1v) is 11.3. The number of hydrogen-bond donors (Lipinski definition) is 0. The highest BCUT2D eigenvalue weighted by molar-refractivity contribution is 5.51. The molecule has 0 amide bonds. The summed E-state index contributed by atoms with van der Waals surface area (Å²) in [6.45, 7) is 0.538. The molecule has 8 heteroatoms. The normalized spacial score (nSPS) is 9.68. The van der Waals surface area contributed by atoms with Gasteiger partial charge in [0.2, 0.25) is 0 Å². The van der Waals surface area contributed by atoms with Crippen molar-refractivity contribution in [1.29, 1.82) is 21.0 Å². The Morgan fingerprint density at radius 2 is 0.789 bits per heavy atom. The molecule has 0 spiro atoms. The van der Waals surface area contributed by atoms with Crippen LogP contribution in [0.5, 0.6) is 34.5 Å². The number of benzene rings is 4. The molecular formula is C30H18N4O4. The second-order valence-corrected chi connectivity index (χ2v) is 7.71. The number of nitriles is 4. The van der Waals surface area contributed by atoms with Gasteiger partial charge < -0.3 is 18.9 Å². The van der Waals surface area contributed by atoms with Crippen LogP contribution >= 0.6 is 0 Å². The van der Waals surface area contributed by atoms with Crippen molar-refractivity contribution in [3.8, 4) is 58.8 Å². The lowest BCUT2D eigenvalue weighted by Crippen LogP contribution is -2.09. The van der Waals surface area contributed by atoms with Gasteiger partial charge in [0, 0.05) is 12.1 Å². The van der Waals surface area contributed by atoms with Gasteiger partial charge in [-0.15, -0.1) is 0 Å². The van der Waals surface area contributed by atoms with Crippen molar-refractivity contribution >= 4 is 0 Å². The summed E-state index contributed by atoms with van der Waals surface area (Å²) in [5.74, 6) is 3.06. The fourth-order valence-electron chi connectivity index (χ4n) is 3.40. The van der Waals surface area contributed by atoms with Crippen molar-refractivity contribution in [3.63, 3.8) is 0 Å². The van der Waals surface area contributed by atoms with Gasteiger partial charge in [-0.1, -0.05) is 12.1 Å². The zero-order chi connectivity index (χ0) is 26.7. The van der Waals surface area contributed by atoms with E-state index in [2.05, 4.69) is 0 Å². The lowest BCUT2D eigenvalue weighted by molar-refractivity contribution is 0.216. The summed E-state index contributed by atoms with van der Waals surface area (Å²) < 4.78 is 23.2. The summed E-state index contributed by atoms with van der Waals surface area (Å²) in [4.78, 5) is 0. The molecule has 4 aromatic rings. The van der Waals surface area contributed by atoms with Gasteiger partial charge in [-0.3, -0.25) is 0 Å². The zero-order valence-electron chi connectivity index (χ0n) is 19.9. The standard InChI is InChI=1S/C30H18N4O4/c31-17-21-7-9-29(13-23(21)19-33)37-27-5-1-3-25(15-27)35-11-12-36-26-4-2-6-28(16-26)38-30-10-8-22(18-32)24(14-30)20-34/h1-10,13-16H,11-12H2. The molecule has 0 aromatic heterocycles. The van der Waals surface area contributed by atoms with Crippen LogP contribution in [0.15, 0.2) is 84.9 Å². The Labute approximate surface area is 219 Å². The average Bonchev–Trinajstić information content (AvgIpc) is 2.95. The summed E-state index contributed by atoms with van der Waals surface area (Å²) in [5, 5.41) is 36.5. The largest absolute Gasteiger partial charge is 0.490 e. The highest BCUT2D eigenvalue weighted by Gasteiger charge is 2.07. The number of hydrogen-bond acceptors (Lipinski definition) is 8. The molecule has 0 fully saturated rings. The van der Waals surface area contributed by atoms with Crippen molar-refractivity contribution in [2.45, 2.75) is 0 Å². The van der Waals surface area contributed by atoms with Gasteiger partial charge >= 0.3 is 0 Å². The maximum absolute atomic E-state index is 9.19. The Morgan fingerprint density at radius 1 is 0.421 bits per heavy atom. The van der Waals surface area contributed by atoms with Gasteiger partial charge in [0.25, 0.3) is 0 Å². The van der Waals surface area contributed by atoms with Gasteiger partial charge in [0.05, 0.1) is 22.3 Å².